The summed E-state index contributed by atoms with van der Waals surface area (Å²) in [4.78, 5) is 29.8. The lowest BCUT2D eigenvalue weighted by Gasteiger charge is -2.36. The highest BCUT2D eigenvalue weighted by atomic mass is 35.5. The first-order chi connectivity index (χ1) is 16.5. The number of aromatic nitrogens is 3. The number of amides is 1. The molecule has 1 aliphatic heterocycles. The van der Waals surface area contributed by atoms with E-state index in [9.17, 15) is 14.0 Å². The highest BCUT2D eigenvalue weighted by Gasteiger charge is 2.21. The maximum atomic E-state index is 13.2. The normalized spacial score (nSPS) is 14.1. The van der Waals surface area contributed by atoms with Gasteiger partial charge in [0.25, 0.3) is 5.56 Å². The third kappa shape index (κ3) is 4.54. The Labute approximate surface area is 200 Å². The molecule has 0 N–H and O–H groups in total. The number of halogens is 2. The fraction of sp³-hybridized carbons (Fsp3) is 0.240. The van der Waals surface area contributed by atoms with Crippen molar-refractivity contribution in [1.29, 1.82) is 0 Å². The number of anilines is 1. The van der Waals surface area contributed by atoms with Crippen molar-refractivity contribution in [3.05, 3.63) is 88.2 Å². The van der Waals surface area contributed by atoms with Crippen molar-refractivity contribution in [3.63, 3.8) is 0 Å². The quantitative estimate of drug-likeness (QED) is 0.438. The van der Waals surface area contributed by atoms with Gasteiger partial charge >= 0.3 is 0 Å². The molecule has 0 spiro atoms. The molecule has 0 saturated carbocycles. The first-order valence-corrected chi connectivity index (χ1v) is 11.5. The van der Waals surface area contributed by atoms with Crippen LogP contribution in [0.25, 0.3) is 16.8 Å². The number of aryl methyl sites for hydroxylation is 1. The second-order valence-electron chi connectivity index (χ2n) is 8.26. The highest BCUT2D eigenvalue weighted by Crippen LogP contribution is 2.21. The van der Waals surface area contributed by atoms with Crippen LogP contribution in [-0.2, 0) is 11.3 Å². The van der Waals surface area contributed by atoms with Crippen LogP contribution in [0.15, 0.2) is 71.8 Å². The van der Waals surface area contributed by atoms with Gasteiger partial charge in [0.2, 0.25) is 5.91 Å². The third-order valence-corrected chi connectivity index (χ3v) is 6.35. The van der Waals surface area contributed by atoms with E-state index in [1.54, 1.807) is 30.6 Å². The van der Waals surface area contributed by atoms with Crippen LogP contribution in [0, 0.1) is 5.82 Å². The number of fused-ring (bicyclic) bond motifs is 1. The highest BCUT2D eigenvalue weighted by molar-refractivity contribution is 6.30. The van der Waals surface area contributed by atoms with Gasteiger partial charge in [0.15, 0.2) is 0 Å². The molecule has 1 saturated heterocycles. The van der Waals surface area contributed by atoms with Gasteiger partial charge in [-0.05, 0) is 48.5 Å². The van der Waals surface area contributed by atoms with Gasteiger partial charge in [-0.2, -0.15) is 5.10 Å². The van der Waals surface area contributed by atoms with E-state index in [4.69, 9.17) is 11.6 Å². The molecule has 2 aromatic carbocycles. The number of nitrogens with zero attached hydrogens (tertiary/aromatic N) is 5. The zero-order valence-corrected chi connectivity index (χ0v) is 19.2. The van der Waals surface area contributed by atoms with Gasteiger partial charge < -0.3 is 14.4 Å². The molecule has 9 heteroatoms. The molecule has 0 bridgehead atoms. The topological polar surface area (TPSA) is 62.9 Å². The molecule has 0 radical (unpaired) electrons. The zero-order valence-electron chi connectivity index (χ0n) is 18.4. The Morgan fingerprint density at radius 1 is 1.00 bits per heavy atom. The molecule has 1 aliphatic rings. The van der Waals surface area contributed by atoms with Gasteiger partial charge in [0.1, 0.15) is 11.3 Å². The predicted molar refractivity (Wildman–Crippen MR) is 130 cm³/mol. The van der Waals surface area contributed by atoms with Gasteiger partial charge in [-0.15, -0.1) is 0 Å². The molecule has 2 aromatic heterocycles. The van der Waals surface area contributed by atoms with Crippen LogP contribution in [0.4, 0.5) is 10.1 Å². The van der Waals surface area contributed by atoms with E-state index < -0.39 is 0 Å². The lowest BCUT2D eigenvalue weighted by Crippen LogP contribution is -2.49. The lowest BCUT2D eigenvalue weighted by molar-refractivity contribution is -0.131. The first-order valence-electron chi connectivity index (χ1n) is 11.1. The molecule has 174 valence electrons. The van der Waals surface area contributed by atoms with Crippen LogP contribution >= 0.6 is 11.6 Å². The average molecular weight is 480 g/mol. The second kappa shape index (κ2) is 9.30. The van der Waals surface area contributed by atoms with Crippen molar-refractivity contribution in [2.24, 2.45) is 0 Å². The van der Waals surface area contributed by atoms with Crippen LogP contribution in [0.1, 0.15) is 6.42 Å². The molecule has 0 unspecified atom stereocenters. The molecule has 1 amide bonds. The smallest absolute Gasteiger partial charge is 0.276 e. The Kier molecular flexibility index (Phi) is 6.06. The Bertz CT molecular complexity index is 1390. The largest absolute Gasteiger partial charge is 0.368 e. The molecule has 1 fully saturated rings. The van der Waals surface area contributed by atoms with E-state index in [2.05, 4.69) is 10.00 Å². The number of rotatable bonds is 5. The number of carbonyl (C=O) groups is 1. The molecular weight excluding hydrogens is 457 g/mol. The third-order valence-electron chi connectivity index (χ3n) is 6.12. The van der Waals surface area contributed by atoms with Crippen molar-refractivity contribution >= 4 is 28.7 Å². The van der Waals surface area contributed by atoms with Gasteiger partial charge in [-0.25, -0.2) is 8.91 Å². The van der Waals surface area contributed by atoms with Gasteiger partial charge in [0.05, 0.1) is 5.69 Å². The molecule has 5 rings (SSSR count). The first kappa shape index (κ1) is 22.2. The molecule has 34 heavy (non-hydrogen) atoms. The molecule has 0 atom stereocenters. The van der Waals surface area contributed by atoms with Crippen molar-refractivity contribution in [2.45, 2.75) is 13.0 Å². The fourth-order valence-electron chi connectivity index (χ4n) is 4.23. The minimum atomic E-state index is -0.328. The molecule has 3 heterocycles. The predicted octanol–water partition coefficient (Wildman–Crippen LogP) is 3.69. The zero-order chi connectivity index (χ0) is 23.7. The minimum Gasteiger partial charge on any atom is -0.368 e. The molecule has 4 aromatic rings. The van der Waals surface area contributed by atoms with E-state index in [-0.39, 0.29) is 23.7 Å². The summed E-state index contributed by atoms with van der Waals surface area (Å²) in [5, 5.41) is 5.11. The number of benzene rings is 2. The van der Waals surface area contributed by atoms with Crippen LogP contribution in [-0.4, -0.2) is 51.2 Å². The molecular formula is C25H23ClFN5O2. The van der Waals surface area contributed by atoms with E-state index in [0.29, 0.717) is 35.9 Å². The van der Waals surface area contributed by atoms with Crippen molar-refractivity contribution in [1.82, 2.24) is 19.1 Å². The maximum Gasteiger partial charge on any atom is 0.276 e. The van der Waals surface area contributed by atoms with Crippen molar-refractivity contribution < 1.29 is 9.18 Å². The Balaban J connectivity index is 1.22. The number of piperazine rings is 1. The van der Waals surface area contributed by atoms with Crippen LogP contribution in [0.2, 0.25) is 5.02 Å². The van der Waals surface area contributed by atoms with E-state index >= 15 is 0 Å². The summed E-state index contributed by atoms with van der Waals surface area (Å²) in [5.41, 5.74) is 2.55. The SMILES string of the molecule is O=C(CCn1ccn2nc(-c3ccc(F)cc3)cc2c1=O)N1CCN(c2cccc(Cl)c2)CC1. The summed E-state index contributed by atoms with van der Waals surface area (Å²) in [6, 6.07) is 15.4. The monoisotopic (exact) mass is 479 g/mol. The summed E-state index contributed by atoms with van der Waals surface area (Å²) in [5.74, 6) is -0.302. The minimum absolute atomic E-state index is 0.0260. The summed E-state index contributed by atoms with van der Waals surface area (Å²) in [6.07, 6.45) is 3.57. The average Bonchev–Trinajstić information content (AvgIpc) is 3.29. The van der Waals surface area contributed by atoms with Crippen molar-refractivity contribution in [2.75, 3.05) is 31.1 Å². The molecule has 7 nitrogen and oxygen atoms in total. The Hall–Kier alpha value is -3.65. The van der Waals surface area contributed by atoms with Crippen LogP contribution in [0.5, 0.6) is 0 Å². The maximum absolute atomic E-state index is 13.2. The van der Waals surface area contributed by atoms with Crippen LogP contribution < -0.4 is 10.5 Å². The summed E-state index contributed by atoms with van der Waals surface area (Å²) >= 11 is 6.09. The van der Waals surface area contributed by atoms with E-state index in [1.165, 1.54) is 21.2 Å². The molecule has 0 aliphatic carbocycles. The number of hydrogen-bond donors (Lipinski definition) is 0. The summed E-state index contributed by atoms with van der Waals surface area (Å²) in [7, 11) is 0. The summed E-state index contributed by atoms with van der Waals surface area (Å²) in [6.45, 7) is 3.02. The van der Waals surface area contributed by atoms with E-state index in [0.717, 1.165) is 24.3 Å². The Morgan fingerprint density at radius 2 is 1.76 bits per heavy atom. The van der Waals surface area contributed by atoms with Gasteiger partial charge in [0, 0.05) is 67.8 Å². The summed E-state index contributed by atoms with van der Waals surface area (Å²) < 4.78 is 16.2. The fourth-order valence-corrected chi connectivity index (χ4v) is 4.41. The van der Waals surface area contributed by atoms with E-state index in [1.807, 2.05) is 29.2 Å². The standard InChI is InChI=1S/C25H23ClFN5O2/c26-19-2-1-3-21(16-19)29-10-12-30(13-11-29)24(33)8-9-31-14-15-32-23(25(31)34)17-22(28-32)18-4-6-20(27)7-5-18/h1-7,14-17H,8-13H2. The van der Waals surface area contributed by atoms with Gasteiger partial charge in [-0.1, -0.05) is 17.7 Å². The second-order valence-corrected chi connectivity index (χ2v) is 8.70. The van der Waals surface area contributed by atoms with Crippen LogP contribution in [0.3, 0.4) is 0 Å². The Morgan fingerprint density at radius 3 is 2.50 bits per heavy atom. The lowest BCUT2D eigenvalue weighted by atomic mass is 10.1. The van der Waals surface area contributed by atoms with Gasteiger partial charge in [-0.3, -0.25) is 9.59 Å². The number of hydrogen-bond acceptors (Lipinski definition) is 4. The number of carbonyl (C=O) groups excluding carboxylic acids is 1. The van der Waals surface area contributed by atoms with Crippen molar-refractivity contribution in [3.8, 4) is 11.3 Å².